The van der Waals surface area contributed by atoms with Crippen molar-refractivity contribution in [2.75, 3.05) is 4.90 Å². The zero-order chi connectivity index (χ0) is 22.7. The summed E-state index contributed by atoms with van der Waals surface area (Å²) in [4.78, 5) is 33.0. The van der Waals surface area contributed by atoms with Gasteiger partial charge in [-0.1, -0.05) is 53.6 Å². The van der Waals surface area contributed by atoms with Crippen molar-refractivity contribution in [3.05, 3.63) is 85.2 Å². The van der Waals surface area contributed by atoms with Gasteiger partial charge in [0.1, 0.15) is 0 Å². The summed E-state index contributed by atoms with van der Waals surface area (Å²) in [6, 6.07) is 13.0. The summed E-state index contributed by atoms with van der Waals surface area (Å²) in [6.45, 7) is 0. The number of para-hydroxylation sites is 1. The summed E-state index contributed by atoms with van der Waals surface area (Å²) >= 11 is 19.3. The molecule has 166 valence electrons. The summed E-state index contributed by atoms with van der Waals surface area (Å²) in [6.07, 6.45) is 4.02. The van der Waals surface area contributed by atoms with Gasteiger partial charge >= 0.3 is 0 Å². The molecule has 1 saturated heterocycles. The van der Waals surface area contributed by atoms with Crippen LogP contribution in [0, 0.1) is 11.8 Å². The number of thiophene rings is 2. The van der Waals surface area contributed by atoms with Gasteiger partial charge in [0, 0.05) is 20.3 Å². The SMILES string of the molecule is O=C1C2C=C(c3sccc3Cl)SC2C2SC(c3sccc3Cl)=CC2C(=O)N1c1ccccc1. The van der Waals surface area contributed by atoms with Gasteiger partial charge < -0.3 is 0 Å². The van der Waals surface area contributed by atoms with Gasteiger partial charge in [-0.05, 0) is 35.0 Å². The summed E-state index contributed by atoms with van der Waals surface area (Å²) in [7, 11) is 0. The van der Waals surface area contributed by atoms with Crippen LogP contribution < -0.4 is 4.90 Å². The van der Waals surface area contributed by atoms with E-state index in [-0.39, 0.29) is 22.3 Å². The van der Waals surface area contributed by atoms with Crippen molar-refractivity contribution in [3.63, 3.8) is 0 Å². The quantitative estimate of drug-likeness (QED) is 0.317. The number of hydrogen-bond donors (Lipinski definition) is 0. The third-order valence-corrected chi connectivity index (χ3v) is 12.0. The first-order chi connectivity index (χ1) is 16.0. The summed E-state index contributed by atoms with van der Waals surface area (Å²) in [5.41, 5.74) is 0.605. The highest BCUT2D eigenvalue weighted by atomic mass is 35.5. The van der Waals surface area contributed by atoms with E-state index in [1.54, 1.807) is 46.2 Å². The molecule has 33 heavy (non-hydrogen) atoms. The molecule has 0 saturated carbocycles. The molecule has 3 aliphatic heterocycles. The molecule has 2 aromatic heterocycles. The third kappa shape index (κ3) is 3.65. The molecule has 3 aliphatic rings. The van der Waals surface area contributed by atoms with Gasteiger partial charge in [-0.25, -0.2) is 4.90 Å². The second-order valence-electron chi connectivity index (χ2n) is 7.82. The first-order valence-electron chi connectivity index (χ1n) is 10.2. The summed E-state index contributed by atoms with van der Waals surface area (Å²) in [5, 5.41) is 5.15. The standard InChI is InChI=1S/C24H15Cl2NO2S4/c25-15-6-8-30-21(15)17-10-13-19(32-17)20-14(11-18(33-20)22-16(26)7-9-31-22)24(29)27(23(13)28)12-4-2-1-3-5-12/h1-11,13-14,19-20H. The van der Waals surface area contributed by atoms with Gasteiger partial charge in [-0.2, -0.15) is 0 Å². The number of fused-ring (bicyclic) bond motifs is 3. The molecule has 1 fully saturated rings. The molecule has 5 heterocycles. The maximum atomic E-state index is 13.8. The molecule has 0 aliphatic carbocycles. The van der Waals surface area contributed by atoms with E-state index in [0.29, 0.717) is 15.7 Å². The Morgan fingerprint density at radius 3 is 1.61 bits per heavy atom. The number of rotatable bonds is 3. The predicted molar refractivity (Wildman–Crippen MR) is 143 cm³/mol. The normalized spacial score (nSPS) is 26.7. The molecule has 3 nitrogen and oxygen atoms in total. The van der Waals surface area contributed by atoms with Crippen LogP contribution in [0.3, 0.4) is 0 Å². The number of carbonyl (C=O) groups is 2. The molecule has 0 spiro atoms. The number of carbonyl (C=O) groups excluding carboxylic acids is 2. The minimum Gasteiger partial charge on any atom is -0.273 e. The molecule has 0 bridgehead atoms. The van der Waals surface area contributed by atoms with Crippen molar-refractivity contribution in [3.8, 4) is 0 Å². The second-order valence-corrected chi connectivity index (χ2v) is 12.9. The van der Waals surface area contributed by atoms with Crippen LogP contribution in [0.25, 0.3) is 9.81 Å². The molecule has 3 aromatic rings. The number of halogens is 2. The summed E-state index contributed by atoms with van der Waals surface area (Å²) < 4.78 is 0. The first-order valence-corrected chi connectivity index (χ1v) is 14.5. The van der Waals surface area contributed by atoms with E-state index in [4.69, 9.17) is 23.2 Å². The lowest BCUT2D eigenvalue weighted by atomic mass is 9.95. The van der Waals surface area contributed by atoms with Gasteiger partial charge in [0.05, 0.1) is 37.3 Å². The van der Waals surface area contributed by atoms with Gasteiger partial charge in [-0.3, -0.25) is 9.59 Å². The Hall–Kier alpha value is -1.48. The number of hydrogen-bond acceptors (Lipinski definition) is 6. The lowest BCUT2D eigenvalue weighted by molar-refractivity contribution is -0.127. The Labute approximate surface area is 217 Å². The largest absolute Gasteiger partial charge is 0.273 e. The van der Waals surface area contributed by atoms with Crippen LogP contribution in [0.5, 0.6) is 0 Å². The minimum absolute atomic E-state index is 0.0779. The third-order valence-electron chi connectivity index (χ3n) is 5.93. The van der Waals surface area contributed by atoms with Crippen LogP contribution in [0.15, 0.2) is 65.4 Å². The van der Waals surface area contributed by atoms with Crippen molar-refractivity contribution in [1.29, 1.82) is 0 Å². The fourth-order valence-corrected chi connectivity index (χ4v) is 10.4. The first kappa shape index (κ1) is 22.0. The molecule has 2 amide bonds. The molecule has 0 N–H and O–H groups in total. The number of amides is 2. The fourth-order valence-electron chi connectivity index (χ4n) is 4.44. The lowest BCUT2D eigenvalue weighted by Gasteiger charge is -2.23. The number of anilines is 1. The molecule has 1 aromatic carbocycles. The van der Waals surface area contributed by atoms with E-state index in [0.717, 1.165) is 19.6 Å². The maximum absolute atomic E-state index is 13.8. The van der Waals surface area contributed by atoms with Gasteiger partial charge in [-0.15, -0.1) is 46.2 Å². The van der Waals surface area contributed by atoms with E-state index < -0.39 is 11.8 Å². The van der Waals surface area contributed by atoms with Crippen LogP contribution in [-0.4, -0.2) is 22.3 Å². The number of benzene rings is 1. The highest BCUT2D eigenvalue weighted by molar-refractivity contribution is 8.13. The Bertz CT molecular complexity index is 1250. The van der Waals surface area contributed by atoms with Crippen molar-refractivity contribution in [2.24, 2.45) is 11.8 Å². The Balaban J connectivity index is 1.46. The topological polar surface area (TPSA) is 37.4 Å². The molecule has 4 unspecified atom stereocenters. The summed E-state index contributed by atoms with van der Waals surface area (Å²) in [5.74, 6) is -1.18. The molecule has 4 atom stereocenters. The van der Waals surface area contributed by atoms with Crippen LogP contribution in [0.1, 0.15) is 9.75 Å². The van der Waals surface area contributed by atoms with Crippen LogP contribution >= 0.6 is 69.4 Å². The fraction of sp³-hybridized carbons (Fsp3) is 0.167. The Morgan fingerprint density at radius 2 is 1.18 bits per heavy atom. The number of imide groups is 1. The smallest absolute Gasteiger partial charge is 0.241 e. The molecular formula is C24H15Cl2NO2S4. The predicted octanol–water partition coefficient (Wildman–Crippen LogP) is 7.54. The maximum Gasteiger partial charge on any atom is 0.241 e. The molecule has 0 radical (unpaired) electrons. The monoisotopic (exact) mass is 547 g/mol. The average Bonchev–Trinajstić information content (AvgIpc) is 3.59. The van der Waals surface area contributed by atoms with E-state index in [1.807, 2.05) is 65.4 Å². The number of nitrogens with zero attached hydrogens (tertiary/aromatic N) is 1. The van der Waals surface area contributed by atoms with Gasteiger partial charge in [0.15, 0.2) is 0 Å². The van der Waals surface area contributed by atoms with Gasteiger partial charge in [0.25, 0.3) is 0 Å². The van der Waals surface area contributed by atoms with E-state index in [2.05, 4.69) is 0 Å². The lowest BCUT2D eigenvalue weighted by Crippen LogP contribution is -2.41. The van der Waals surface area contributed by atoms with Crippen molar-refractivity contribution >= 4 is 96.7 Å². The highest BCUT2D eigenvalue weighted by Crippen LogP contribution is 2.57. The van der Waals surface area contributed by atoms with E-state index in [1.165, 1.54) is 4.90 Å². The van der Waals surface area contributed by atoms with Crippen molar-refractivity contribution in [2.45, 2.75) is 10.5 Å². The van der Waals surface area contributed by atoms with Crippen LogP contribution in [0.4, 0.5) is 5.69 Å². The highest BCUT2D eigenvalue weighted by Gasteiger charge is 2.53. The van der Waals surface area contributed by atoms with Crippen molar-refractivity contribution in [1.82, 2.24) is 0 Å². The average molecular weight is 549 g/mol. The molecule has 6 rings (SSSR count). The second kappa shape index (κ2) is 8.63. The van der Waals surface area contributed by atoms with Crippen LogP contribution in [0.2, 0.25) is 10.0 Å². The minimum atomic E-state index is -0.415. The molecular weight excluding hydrogens is 533 g/mol. The molecule has 9 heteroatoms. The van der Waals surface area contributed by atoms with Crippen LogP contribution in [-0.2, 0) is 9.59 Å². The van der Waals surface area contributed by atoms with Gasteiger partial charge in [0.2, 0.25) is 11.8 Å². The van der Waals surface area contributed by atoms with E-state index >= 15 is 0 Å². The zero-order valence-corrected chi connectivity index (χ0v) is 21.6. The Kier molecular flexibility index (Phi) is 5.76. The van der Waals surface area contributed by atoms with Crippen molar-refractivity contribution < 1.29 is 9.59 Å². The Morgan fingerprint density at radius 1 is 0.697 bits per heavy atom. The zero-order valence-electron chi connectivity index (χ0n) is 16.8. The van der Waals surface area contributed by atoms with E-state index in [9.17, 15) is 9.59 Å². The number of thioether (sulfide) groups is 2.